The summed E-state index contributed by atoms with van der Waals surface area (Å²) in [5.74, 6) is -0.807. The number of likely N-dealkylation sites (N-methyl/N-ethyl adjacent to an activating group) is 1. The maximum Gasteiger partial charge on any atom is 0.408 e. The monoisotopic (exact) mass is 317 g/mol. The molecule has 0 aromatic heterocycles. The molecule has 0 aliphatic rings. The van der Waals surface area contributed by atoms with E-state index in [2.05, 4.69) is 5.32 Å². The van der Waals surface area contributed by atoms with Crippen LogP contribution in [0.4, 0.5) is 18.0 Å². The summed E-state index contributed by atoms with van der Waals surface area (Å²) in [6.45, 7) is 1.41. The van der Waals surface area contributed by atoms with E-state index >= 15 is 0 Å². The number of nitrogens with zero attached hydrogens (tertiary/aromatic N) is 1. The Labute approximate surface area is 126 Å². The normalized spacial score (nSPS) is 12.8. The van der Waals surface area contributed by atoms with Crippen molar-refractivity contribution in [3.05, 3.63) is 35.9 Å². The van der Waals surface area contributed by atoms with E-state index in [1.165, 1.54) is 31.3 Å². The minimum absolute atomic E-state index is 0.0308. The van der Waals surface area contributed by atoms with E-state index in [9.17, 15) is 22.8 Å². The zero-order valence-electron chi connectivity index (χ0n) is 12.3. The smallest absolute Gasteiger partial charge is 0.338 e. The van der Waals surface area contributed by atoms with Crippen molar-refractivity contribution in [2.75, 3.05) is 20.1 Å². The molecule has 0 saturated carbocycles. The fourth-order valence-electron chi connectivity index (χ4n) is 2.02. The molecule has 0 heterocycles. The molecule has 0 fully saturated rings. The molecule has 0 aliphatic heterocycles. The Morgan fingerprint density at radius 3 is 2.32 bits per heavy atom. The third kappa shape index (κ3) is 5.36. The summed E-state index contributed by atoms with van der Waals surface area (Å²) in [6.07, 6.45) is -4.54. The largest absolute Gasteiger partial charge is 0.408 e. The predicted octanol–water partition coefficient (Wildman–Crippen LogP) is 2.07. The average Bonchev–Trinajstić information content (AvgIpc) is 2.38. The van der Waals surface area contributed by atoms with Gasteiger partial charge in [-0.3, -0.25) is 15.0 Å². The maximum atomic E-state index is 13.2. The second-order valence-corrected chi connectivity index (χ2v) is 4.68. The molecule has 0 aliphatic carbocycles. The maximum absolute atomic E-state index is 13.2. The molecule has 1 rings (SSSR count). The van der Waals surface area contributed by atoms with Gasteiger partial charge in [-0.15, -0.1) is 0 Å². The summed E-state index contributed by atoms with van der Waals surface area (Å²) in [5, 5.41) is 4.30. The van der Waals surface area contributed by atoms with Crippen molar-refractivity contribution in [2.24, 2.45) is 0 Å². The van der Waals surface area contributed by atoms with Crippen molar-refractivity contribution >= 4 is 11.9 Å². The second kappa shape index (κ2) is 7.79. The molecule has 122 valence electrons. The second-order valence-electron chi connectivity index (χ2n) is 4.68. The molecule has 2 N–H and O–H groups in total. The first-order chi connectivity index (χ1) is 10.3. The van der Waals surface area contributed by atoms with Gasteiger partial charge < -0.3 is 5.32 Å². The minimum Gasteiger partial charge on any atom is -0.338 e. The third-order valence-electron chi connectivity index (χ3n) is 2.85. The minimum atomic E-state index is -4.54. The van der Waals surface area contributed by atoms with Crippen LogP contribution < -0.4 is 10.6 Å². The summed E-state index contributed by atoms with van der Waals surface area (Å²) in [5.41, 5.74) is 0.0308. The highest BCUT2D eigenvalue weighted by Crippen LogP contribution is 2.36. The quantitative estimate of drug-likeness (QED) is 0.874. The number of alkyl halides is 3. The van der Waals surface area contributed by atoms with E-state index in [0.717, 1.165) is 4.90 Å². The van der Waals surface area contributed by atoms with Gasteiger partial charge in [0.15, 0.2) is 0 Å². The Morgan fingerprint density at radius 2 is 1.82 bits per heavy atom. The van der Waals surface area contributed by atoms with E-state index < -0.39 is 30.7 Å². The molecule has 1 aromatic carbocycles. The van der Waals surface area contributed by atoms with Gasteiger partial charge in [0.25, 0.3) is 0 Å². The van der Waals surface area contributed by atoms with Crippen molar-refractivity contribution < 1.29 is 22.8 Å². The van der Waals surface area contributed by atoms with Gasteiger partial charge in [-0.25, -0.2) is 4.79 Å². The number of carbonyl (C=O) groups excluding carboxylic acids is 2. The van der Waals surface area contributed by atoms with Crippen LogP contribution in [0.3, 0.4) is 0 Å². The topological polar surface area (TPSA) is 61.4 Å². The molecule has 8 heteroatoms. The molecule has 1 unspecified atom stereocenters. The van der Waals surface area contributed by atoms with Crippen molar-refractivity contribution in [3.63, 3.8) is 0 Å². The number of hydrogen-bond donors (Lipinski definition) is 2. The number of urea groups is 1. The first-order valence-electron chi connectivity index (χ1n) is 6.65. The van der Waals surface area contributed by atoms with Gasteiger partial charge in [-0.1, -0.05) is 30.3 Å². The predicted molar refractivity (Wildman–Crippen MR) is 75.1 cm³/mol. The summed E-state index contributed by atoms with van der Waals surface area (Å²) < 4.78 is 39.7. The molecule has 0 bridgehead atoms. The van der Waals surface area contributed by atoms with Crippen LogP contribution in [0.5, 0.6) is 0 Å². The van der Waals surface area contributed by atoms with Crippen LogP contribution in [0.25, 0.3) is 0 Å². The number of nitrogens with one attached hydrogen (secondary N) is 2. The van der Waals surface area contributed by atoms with E-state index in [1.54, 1.807) is 13.0 Å². The van der Waals surface area contributed by atoms with Crippen LogP contribution in [0.15, 0.2) is 30.3 Å². The molecule has 22 heavy (non-hydrogen) atoms. The Bertz CT molecular complexity index is 506. The molecule has 0 saturated heterocycles. The Kier molecular flexibility index (Phi) is 6.36. The number of halogens is 3. The number of amides is 3. The Morgan fingerprint density at radius 1 is 1.23 bits per heavy atom. The number of imide groups is 1. The molecule has 1 aromatic rings. The number of carbonyl (C=O) groups is 2. The van der Waals surface area contributed by atoms with Gasteiger partial charge in [0, 0.05) is 6.54 Å². The van der Waals surface area contributed by atoms with Crippen LogP contribution in [-0.4, -0.2) is 43.2 Å². The van der Waals surface area contributed by atoms with E-state index in [4.69, 9.17) is 0 Å². The molecule has 1 atom stereocenters. The first-order valence-corrected chi connectivity index (χ1v) is 6.65. The van der Waals surface area contributed by atoms with E-state index in [-0.39, 0.29) is 5.56 Å². The van der Waals surface area contributed by atoms with Crippen LogP contribution in [0, 0.1) is 0 Å². The van der Waals surface area contributed by atoms with Gasteiger partial charge in [0.1, 0.15) is 6.04 Å². The Hall–Kier alpha value is -2.09. The van der Waals surface area contributed by atoms with Gasteiger partial charge in [0.2, 0.25) is 5.91 Å². The van der Waals surface area contributed by atoms with Crippen LogP contribution >= 0.6 is 0 Å². The highest BCUT2D eigenvalue weighted by Gasteiger charge is 2.43. The van der Waals surface area contributed by atoms with Crippen molar-refractivity contribution in [1.29, 1.82) is 0 Å². The van der Waals surface area contributed by atoms with Crippen molar-refractivity contribution in [1.82, 2.24) is 15.5 Å². The SMILES string of the molecule is CCNC(=O)NC(=O)CN(C)C(c1ccccc1)C(F)(F)F. The highest BCUT2D eigenvalue weighted by atomic mass is 19.4. The molecule has 5 nitrogen and oxygen atoms in total. The fourth-order valence-corrected chi connectivity index (χ4v) is 2.02. The number of rotatable bonds is 5. The fraction of sp³-hybridized carbons (Fsp3) is 0.429. The molecule has 3 amide bonds. The molecular formula is C14H18F3N3O2. The summed E-state index contributed by atoms with van der Waals surface area (Å²) in [7, 11) is 1.18. The van der Waals surface area contributed by atoms with Gasteiger partial charge in [-0.2, -0.15) is 13.2 Å². The van der Waals surface area contributed by atoms with E-state index in [0.29, 0.717) is 6.54 Å². The van der Waals surface area contributed by atoms with Crippen molar-refractivity contribution in [3.8, 4) is 0 Å². The Balaban J connectivity index is 2.80. The van der Waals surface area contributed by atoms with Crippen LogP contribution in [-0.2, 0) is 4.79 Å². The zero-order valence-corrected chi connectivity index (χ0v) is 12.3. The van der Waals surface area contributed by atoms with Gasteiger partial charge in [-0.05, 0) is 19.5 Å². The number of benzene rings is 1. The standard InChI is InChI=1S/C14H18F3N3O2/c1-3-18-13(22)19-11(21)9-20(2)12(14(15,16)17)10-7-5-4-6-8-10/h4-8,12H,3,9H2,1-2H3,(H2,18,19,21,22). The zero-order chi connectivity index (χ0) is 16.8. The number of hydrogen-bond acceptors (Lipinski definition) is 3. The highest BCUT2D eigenvalue weighted by molar-refractivity contribution is 5.95. The summed E-state index contributed by atoms with van der Waals surface area (Å²) in [4.78, 5) is 23.7. The first kappa shape index (κ1) is 18.0. The van der Waals surface area contributed by atoms with Gasteiger partial charge in [0.05, 0.1) is 6.54 Å². The van der Waals surface area contributed by atoms with Crippen LogP contribution in [0.2, 0.25) is 0 Å². The molecule has 0 spiro atoms. The lowest BCUT2D eigenvalue weighted by Crippen LogP contribution is -2.46. The lowest BCUT2D eigenvalue weighted by molar-refractivity contribution is -0.183. The molecular weight excluding hydrogens is 299 g/mol. The van der Waals surface area contributed by atoms with E-state index in [1.807, 2.05) is 5.32 Å². The lowest BCUT2D eigenvalue weighted by Gasteiger charge is -2.29. The summed E-state index contributed by atoms with van der Waals surface area (Å²) in [6, 6.07) is 4.64. The lowest BCUT2D eigenvalue weighted by atomic mass is 10.1. The van der Waals surface area contributed by atoms with Crippen LogP contribution in [0.1, 0.15) is 18.5 Å². The average molecular weight is 317 g/mol. The van der Waals surface area contributed by atoms with Gasteiger partial charge >= 0.3 is 12.2 Å². The van der Waals surface area contributed by atoms with Crippen molar-refractivity contribution in [2.45, 2.75) is 19.1 Å². The molecule has 0 radical (unpaired) electrons. The summed E-state index contributed by atoms with van der Waals surface area (Å²) >= 11 is 0. The third-order valence-corrected chi connectivity index (χ3v) is 2.85.